The van der Waals surface area contributed by atoms with Gasteiger partial charge in [-0.3, -0.25) is 9.59 Å². The number of carbonyl (C=O) groups is 2. The minimum absolute atomic E-state index is 0.0168. The summed E-state index contributed by atoms with van der Waals surface area (Å²) in [6.07, 6.45) is 3.11. The fourth-order valence-electron chi connectivity index (χ4n) is 6.45. The lowest BCUT2D eigenvalue weighted by Gasteiger charge is -2.56. The molecule has 1 aromatic carbocycles. The summed E-state index contributed by atoms with van der Waals surface area (Å²) in [4.78, 5) is 27.8. The lowest BCUT2D eigenvalue weighted by atomic mass is 9.51. The normalized spacial score (nSPS) is 32.2. The van der Waals surface area contributed by atoms with Gasteiger partial charge in [-0.25, -0.2) is 0 Å². The van der Waals surface area contributed by atoms with Crippen LogP contribution in [0.4, 0.5) is 0 Å². The number of hydrogen-bond donors (Lipinski definition) is 2. The van der Waals surface area contributed by atoms with E-state index in [9.17, 15) is 14.7 Å². The van der Waals surface area contributed by atoms with Crippen molar-refractivity contribution < 1.29 is 14.7 Å². The minimum atomic E-state index is -0.567. The van der Waals surface area contributed by atoms with Crippen molar-refractivity contribution in [2.75, 3.05) is 13.1 Å². The average molecular weight is 454 g/mol. The van der Waals surface area contributed by atoms with Gasteiger partial charge in [0, 0.05) is 30.6 Å². The van der Waals surface area contributed by atoms with Crippen molar-refractivity contribution in [3.05, 3.63) is 35.4 Å². The van der Waals surface area contributed by atoms with Gasteiger partial charge < -0.3 is 15.3 Å². The summed E-state index contributed by atoms with van der Waals surface area (Å²) in [5, 5.41) is 23.7. The van der Waals surface area contributed by atoms with Crippen molar-refractivity contribution >= 4 is 11.8 Å². The molecule has 0 heterocycles. The molecule has 2 saturated carbocycles. The molecule has 2 amide bonds. The number of aliphatic hydroxyl groups excluding tert-OH is 1. The summed E-state index contributed by atoms with van der Waals surface area (Å²) >= 11 is 0. The Morgan fingerprint density at radius 1 is 1.21 bits per heavy atom. The van der Waals surface area contributed by atoms with E-state index in [1.807, 2.05) is 25.7 Å². The molecule has 0 spiro atoms. The first kappa shape index (κ1) is 25.2. The minimum Gasteiger partial charge on any atom is -0.392 e. The van der Waals surface area contributed by atoms with Crippen LogP contribution in [0.25, 0.3) is 0 Å². The Morgan fingerprint density at radius 3 is 2.39 bits per heavy atom. The van der Waals surface area contributed by atoms with Crippen LogP contribution in [-0.4, -0.2) is 47.1 Å². The highest BCUT2D eigenvalue weighted by atomic mass is 16.3. The van der Waals surface area contributed by atoms with Crippen LogP contribution in [0, 0.1) is 40.4 Å². The topological polar surface area (TPSA) is 93.4 Å². The average Bonchev–Trinajstić information content (AvgIpc) is 2.81. The van der Waals surface area contributed by atoms with E-state index >= 15 is 0 Å². The van der Waals surface area contributed by atoms with Crippen LogP contribution in [0.5, 0.6) is 0 Å². The van der Waals surface area contributed by atoms with Gasteiger partial charge in [0.1, 0.15) is 0 Å². The molecule has 0 aromatic heterocycles. The van der Waals surface area contributed by atoms with Crippen LogP contribution >= 0.6 is 0 Å². The largest absolute Gasteiger partial charge is 0.392 e. The van der Waals surface area contributed by atoms with Crippen LogP contribution in [0.3, 0.4) is 0 Å². The molecule has 6 heteroatoms. The van der Waals surface area contributed by atoms with E-state index in [1.54, 1.807) is 24.3 Å². The highest BCUT2D eigenvalue weighted by Crippen LogP contribution is 2.55. The van der Waals surface area contributed by atoms with Gasteiger partial charge in [0.2, 0.25) is 5.91 Å². The molecule has 2 aliphatic carbocycles. The van der Waals surface area contributed by atoms with Gasteiger partial charge >= 0.3 is 0 Å². The summed E-state index contributed by atoms with van der Waals surface area (Å²) < 4.78 is 0. The van der Waals surface area contributed by atoms with Crippen LogP contribution in [0.15, 0.2) is 24.3 Å². The van der Waals surface area contributed by atoms with E-state index in [0.29, 0.717) is 24.2 Å². The van der Waals surface area contributed by atoms with Crippen molar-refractivity contribution in [1.29, 1.82) is 5.26 Å². The molecule has 2 fully saturated rings. The maximum atomic E-state index is 13.0. The fraction of sp³-hybridized carbons (Fsp3) is 0.667. The number of benzene rings is 1. The molecule has 3 rings (SSSR count). The highest BCUT2D eigenvalue weighted by molar-refractivity contribution is 5.94. The Balaban J connectivity index is 1.75. The lowest BCUT2D eigenvalue weighted by Crippen LogP contribution is -2.58. The van der Waals surface area contributed by atoms with E-state index in [4.69, 9.17) is 5.26 Å². The van der Waals surface area contributed by atoms with Crippen LogP contribution < -0.4 is 5.32 Å². The van der Waals surface area contributed by atoms with Crippen molar-refractivity contribution in [2.24, 2.45) is 29.1 Å². The summed E-state index contributed by atoms with van der Waals surface area (Å²) in [6, 6.07) is 8.70. The summed E-state index contributed by atoms with van der Waals surface area (Å²) in [7, 11) is 0. The molecule has 1 unspecified atom stereocenters. The van der Waals surface area contributed by atoms with E-state index in [2.05, 4.69) is 25.2 Å². The number of rotatable bonds is 6. The third-order valence-electron chi connectivity index (χ3n) is 8.59. The first-order chi connectivity index (χ1) is 15.7. The summed E-state index contributed by atoms with van der Waals surface area (Å²) in [5.41, 5.74) is 1.08. The molecule has 180 valence electrons. The molecule has 0 saturated heterocycles. The molecule has 7 atom stereocenters. The van der Waals surface area contributed by atoms with Gasteiger partial charge in [-0.15, -0.1) is 0 Å². The van der Waals surface area contributed by atoms with Gasteiger partial charge in [0.05, 0.1) is 17.7 Å². The van der Waals surface area contributed by atoms with E-state index < -0.39 is 6.10 Å². The second kappa shape index (κ2) is 10.3. The number of aliphatic hydroxyl groups is 1. The third kappa shape index (κ3) is 4.94. The van der Waals surface area contributed by atoms with Crippen LogP contribution in [0.2, 0.25) is 0 Å². The van der Waals surface area contributed by atoms with Crippen molar-refractivity contribution in [2.45, 2.75) is 72.4 Å². The molecule has 0 bridgehead atoms. The predicted octanol–water partition coefficient (Wildman–Crippen LogP) is 3.98. The Hall–Kier alpha value is -2.39. The van der Waals surface area contributed by atoms with Gasteiger partial charge in [-0.05, 0) is 87.0 Å². The van der Waals surface area contributed by atoms with E-state index in [-0.39, 0.29) is 46.9 Å². The zero-order valence-corrected chi connectivity index (χ0v) is 20.7. The molecular formula is C27H39N3O3. The first-order valence-corrected chi connectivity index (χ1v) is 12.4. The number of amides is 2. The Labute approximate surface area is 198 Å². The number of hydrogen-bond acceptors (Lipinski definition) is 4. The number of nitrogens with zero attached hydrogens (tertiary/aromatic N) is 2. The molecule has 1 aromatic rings. The Kier molecular flexibility index (Phi) is 7.84. The monoisotopic (exact) mass is 453 g/mol. The number of nitriles is 1. The molecule has 2 aliphatic rings. The summed E-state index contributed by atoms with van der Waals surface area (Å²) in [6.45, 7) is 11.7. The van der Waals surface area contributed by atoms with E-state index in [0.717, 1.165) is 25.7 Å². The molecular weight excluding hydrogens is 414 g/mol. The molecule has 0 aliphatic heterocycles. The van der Waals surface area contributed by atoms with Gasteiger partial charge in [0.25, 0.3) is 5.91 Å². The lowest BCUT2D eigenvalue weighted by molar-refractivity contribution is -0.149. The number of fused-ring (bicyclic) bond motifs is 1. The van der Waals surface area contributed by atoms with Gasteiger partial charge in [-0.2, -0.15) is 5.26 Å². The van der Waals surface area contributed by atoms with Crippen molar-refractivity contribution in [1.82, 2.24) is 10.2 Å². The zero-order chi connectivity index (χ0) is 24.3. The fourth-order valence-corrected chi connectivity index (χ4v) is 6.45. The summed E-state index contributed by atoms with van der Waals surface area (Å²) in [5.74, 6) is -0.173. The first-order valence-electron chi connectivity index (χ1n) is 12.4. The van der Waals surface area contributed by atoms with Crippen molar-refractivity contribution in [3.63, 3.8) is 0 Å². The molecule has 2 N–H and O–H groups in total. The van der Waals surface area contributed by atoms with Crippen molar-refractivity contribution in [3.8, 4) is 6.07 Å². The van der Waals surface area contributed by atoms with Gasteiger partial charge in [0.15, 0.2) is 0 Å². The SMILES string of the molecule is CCN(CC)C(=O)[C@@H](C)C1CC[C@@]2(C)CC[C@H](NC(=O)c3ccc(C#N)cc3)[C@@H](C)[C@@H]2[C@H]1O. The van der Waals surface area contributed by atoms with Crippen LogP contribution in [-0.2, 0) is 4.79 Å². The zero-order valence-electron chi connectivity index (χ0n) is 20.7. The maximum absolute atomic E-state index is 13.0. The molecule has 0 radical (unpaired) electrons. The van der Waals surface area contributed by atoms with E-state index in [1.165, 1.54) is 0 Å². The quantitative estimate of drug-likeness (QED) is 0.681. The second-order valence-corrected chi connectivity index (χ2v) is 10.3. The highest BCUT2D eigenvalue weighted by Gasteiger charge is 2.54. The number of carbonyl (C=O) groups excluding carboxylic acids is 2. The predicted molar refractivity (Wildman–Crippen MR) is 128 cm³/mol. The smallest absolute Gasteiger partial charge is 0.251 e. The standard InChI is InChI=1S/C27H39N3O3/c1-6-30(7-2)26(33)17(3)21-12-14-27(5)15-13-22(18(4)23(27)24(21)31)29-25(32)20-10-8-19(16-28)9-11-20/h8-11,17-18,21-24,31H,6-7,12-15H2,1-5H3,(H,29,32)/t17-,18+,21?,22-,23+,24-,27-/m0/s1. The Bertz CT molecular complexity index is 889. The van der Waals surface area contributed by atoms with Gasteiger partial charge in [-0.1, -0.05) is 20.8 Å². The van der Waals surface area contributed by atoms with Crippen LogP contribution in [0.1, 0.15) is 76.2 Å². The molecule has 6 nitrogen and oxygen atoms in total. The Morgan fingerprint density at radius 2 is 1.82 bits per heavy atom. The third-order valence-corrected chi connectivity index (χ3v) is 8.59. The molecule has 33 heavy (non-hydrogen) atoms. The maximum Gasteiger partial charge on any atom is 0.251 e. The second-order valence-electron chi connectivity index (χ2n) is 10.3. The number of nitrogens with one attached hydrogen (secondary N) is 1.